The number of aromatic nitrogens is 1. The number of carbonyl (C=O) groups is 2. The molecule has 0 unspecified atom stereocenters. The van der Waals surface area contributed by atoms with Gasteiger partial charge in [-0.05, 0) is 38.0 Å². The number of fused-ring (bicyclic) bond motifs is 1. The van der Waals surface area contributed by atoms with Crippen molar-refractivity contribution in [1.29, 1.82) is 0 Å². The van der Waals surface area contributed by atoms with Crippen molar-refractivity contribution in [3.63, 3.8) is 0 Å². The number of ether oxygens (including phenoxy) is 1. The summed E-state index contributed by atoms with van der Waals surface area (Å²) in [6.07, 6.45) is 5.07. The van der Waals surface area contributed by atoms with Crippen LogP contribution in [0.1, 0.15) is 28.9 Å². The van der Waals surface area contributed by atoms with Crippen LogP contribution in [0.25, 0.3) is 10.9 Å². The average Bonchev–Trinajstić information content (AvgIpc) is 2.85. The molecule has 2 atom stereocenters. The number of benzene rings is 1. The zero-order valence-corrected chi connectivity index (χ0v) is 14.7. The minimum Gasteiger partial charge on any atom is -0.497 e. The summed E-state index contributed by atoms with van der Waals surface area (Å²) in [5, 5.41) is 3.84. The summed E-state index contributed by atoms with van der Waals surface area (Å²) in [5.74, 6) is -0.254. The van der Waals surface area contributed by atoms with Gasteiger partial charge in [0.25, 0.3) is 5.91 Å². The highest BCUT2D eigenvalue weighted by molar-refractivity contribution is 6.09. The van der Waals surface area contributed by atoms with E-state index in [1.807, 2.05) is 48.9 Å². The molecule has 0 bridgehead atoms. The van der Waals surface area contributed by atoms with Crippen LogP contribution >= 0.6 is 0 Å². The minimum absolute atomic E-state index is 0.192. The van der Waals surface area contributed by atoms with Crippen LogP contribution in [-0.4, -0.2) is 29.5 Å². The zero-order chi connectivity index (χ0) is 18.1. The van der Waals surface area contributed by atoms with Gasteiger partial charge in [0.1, 0.15) is 5.75 Å². The van der Waals surface area contributed by atoms with Gasteiger partial charge in [-0.3, -0.25) is 9.59 Å². The molecule has 0 spiro atoms. The Morgan fingerprint density at radius 1 is 1.28 bits per heavy atom. The molecule has 0 radical (unpaired) electrons. The van der Waals surface area contributed by atoms with Gasteiger partial charge in [0.2, 0.25) is 5.91 Å². The number of nitrogens with zero attached hydrogens (tertiary/aromatic N) is 1. The predicted molar refractivity (Wildman–Crippen MR) is 96.5 cm³/mol. The van der Waals surface area contributed by atoms with Crippen molar-refractivity contribution in [2.45, 2.75) is 25.8 Å². The lowest BCUT2D eigenvalue weighted by molar-refractivity contribution is -0.122. The Balaban J connectivity index is 1.98. The van der Waals surface area contributed by atoms with Crippen LogP contribution in [0.3, 0.4) is 0 Å². The number of nitrogens with two attached hydrogens (primary N) is 1. The molecule has 0 saturated heterocycles. The van der Waals surface area contributed by atoms with Gasteiger partial charge in [0, 0.05) is 29.7 Å². The summed E-state index contributed by atoms with van der Waals surface area (Å²) < 4.78 is 7.28. The third-order valence-electron chi connectivity index (χ3n) is 5.04. The zero-order valence-electron chi connectivity index (χ0n) is 14.7. The van der Waals surface area contributed by atoms with E-state index in [-0.39, 0.29) is 23.8 Å². The van der Waals surface area contributed by atoms with Crippen molar-refractivity contribution in [1.82, 2.24) is 9.88 Å². The van der Waals surface area contributed by atoms with Crippen molar-refractivity contribution in [2.75, 3.05) is 7.11 Å². The Bertz CT molecular complexity index is 866. The first-order chi connectivity index (χ1) is 11.9. The number of rotatable bonds is 4. The first-order valence-corrected chi connectivity index (χ1v) is 8.32. The van der Waals surface area contributed by atoms with E-state index in [1.165, 1.54) is 0 Å². The van der Waals surface area contributed by atoms with Crippen LogP contribution in [0.5, 0.6) is 5.75 Å². The molecule has 3 N–H and O–H groups in total. The molecule has 25 heavy (non-hydrogen) atoms. The second-order valence-electron chi connectivity index (χ2n) is 6.43. The average molecular weight is 341 g/mol. The van der Waals surface area contributed by atoms with Crippen LogP contribution < -0.4 is 15.8 Å². The molecule has 1 aromatic carbocycles. The van der Waals surface area contributed by atoms with E-state index in [9.17, 15) is 9.59 Å². The molecule has 6 heteroatoms. The van der Waals surface area contributed by atoms with Gasteiger partial charge in [0.05, 0.1) is 18.6 Å². The third kappa shape index (κ3) is 2.99. The maximum absolute atomic E-state index is 13.0. The molecule has 0 saturated carbocycles. The molecule has 1 aromatic heterocycles. The number of methoxy groups -OCH3 is 1. The smallest absolute Gasteiger partial charge is 0.253 e. The Hall–Kier alpha value is -2.76. The Morgan fingerprint density at radius 3 is 2.68 bits per heavy atom. The molecule has 1 aliphatic carbocycles. The number of nitrogens with one attached hydrogen (secondary N) is 1. The van der Waals surface area contributed by atoms with Crippen molar-refractivity contribution in [3.8, 4) is 5.75 Å². The molecule has 1 aliphatic rings. The van der Waals surface area contributed by atoms with Crippen molar-refractivity contribution < 1.29 is 14.3 Å². The standard InChI is InChI=1S/C19H23N3O3/c1-11-17(14-10-12(25-3)8-9-16(14)22(11)2)19(24)21-15-7-5-4-6-13(15)18(20)23/h4-5,8-10,13,15H,6-7H2,1-3H3,(H2,20,23)(H,21,24)/t13-,15-/m1/s1. The molecule has 2 amide bonds. The summed E-state index contributed by atoms with van der Waals surface area (Å²) in [6.45, 7) is 1.91. The Labute approximate surface area is 146 Å². The van der Waals surface area contributed by atoms with Crippen LogP contribution in [0.2, 0.25) is 0 Å². The predicted octanol–water partition coefficient (Wildman–Crippen LogP) is 2.05. The van der Waals surface area contributed by atoms with Crippen molar-refractivity contribution >= 4 is 22.7 Å². The van der Waals surface area contributed by atoms with Gasteiger partial charge in [-0.2, -0.15) is 0 Å². The molecule has 2 aromatic rings. The second-order valence-corrected chi connectivity index (χ2v) is 6.43. The fourth-order valence-corrected chi connectivity index (χ4v) is 3.49. The summed E-state index contributed by atoms with van der Waals surface area (Å²) in [4.78, 5) is 24.7. The normalized spacial score (nSPS) is 19.8. The van der Waals surface area contributed by atoms with Crippen molar-refractivity contribution in [2.24, 2.45) is 18.7 Å². The van der Waals surface area contributed by atoms with Gasteiger partial charge >= 0.3 is 0 Å². The number of hydrogen-bond donors (Lipinski definition) is 2. The first kappa shape index (κ1) is 17.1. The van der Waals surface area contributed by atoms with Crippen molar-refractivity contribution in [3.05, 3.63) is 41.6 Å². The highest BCUT2D eigenvalue weighted by Gasteiger charge is 2.30. The van der Waals surface area contributed by atoms with E-state index < -0.39 is 0 Å². The summed E-state index contributed by atoms with van der Waals surface area (Å²) in [5.41, 5.74) is 7.92. The largest absolute Gasteiger partial charge is 0.497 e. The molecular weight excluding hydrogens is 318 g/mol. The van der Waals surface area contributed by atoms with E-state index in [1.54, 1.807) is 7.11 Å². The second kappa shape index (κ2) is 6.63. The van der Waals surface area contributed by atoms with Crippen LogP contribution in [0.4, 0.5) is 0 Å². The minimum atomic E-state index is -0.383. The fourth-order valence-electron chi connectivity index (χ4n) is 3.49. The quantitative estimate of drug-likeness (QED) is 0.835. The van der Waals surface area contributed by atoms with Crippen LogP contribution in [-0.2, 0) is 11.8 Å². The maximum Gasteiger partial charge on any atom is 0.253 e. The molecule has 3 rings (SSSR count). The Morgan fingerprint density at radius 2 is 2.00 bits per heavy atom. The number of primary amides is 1. The highest BCUT2D eigenvalue weighted by atomic mass is 16.5. The third-order valence-corrected chi connectivity index (χ3v) is 5.04. The lowest BCUT2D eigenvalue weighted by Crippen LogP contribution is -2.46. The van der Waals surface area contributed by atoms with E-state index in [0.29, 0.717) is 24.2 Å². The van der Waals surface area contributed by atoms with Gasteiger partial charge in [0.15, 0.2) is 0 Å². The summed E-state index contributed by atoms with van der Waals surface area (Å²) in [7, 11) is 3.53. The summed E-state index contributed by atoms with van der Waals surface area (Å²) >= 11 is 0. The SMILES string of the molecule is COc1ccc2c(c1)c(C(=O)N[C@@H]1CC=CC[C@H]1C(N)=O)c(C)n2C. The van der Waals surface area contributed by atoms with Gasteiger partial charge in [-0.15, -0.1) is 0 Å². The number of hydrogen-bond acceptors (Lipinski definition) is 3. The van der Waals surface area contributed by atoms with Crippen LogP contribution in [0, 0.1) is 12.8 Å². The summed E-state index contributed by atoms with van der Waals surface area (Å²) in [6, 6.07) is 5.39. The number of amides is 2. The van der Waals surface area contributed by atoms with E-state index in [2.05, 4.69) is 5.32 Å². The molecule has 0 aliphatic heterocycles. The van der Waals surface area contributed by atoms with E-state index >= 15 is 0 Å². The molecular formula is C19H23N3O3. The maximum atomic E-state index is 13.0. The van der Waals surface area contributed by atoms with Gasteiger partial charge < -0.3 is 20.4 Å². The van der Waals surface area contributed by atoms with E-state index in [0.717, 1.165) is 16.6 Å². The highest BCUT2D eigenvalue weighted by Crippen LogP contribution is 2.29. The first-order valence-electron chi connectivity index (χ1n) is 8.32. The van der Waals surface area contributed by atoms with Gasteiger partial charge in [-0.1, -0.05) is 12.2 Å². The van der Waals surface area contributed by atoms with Crippen LogP contribution in [0.15, 0.2) is 30.4 Å². The number of carbonyl (C=O) groups excluding carboxylic acids is 2. The molecule has 0 fully saturated rings. The lowest BCUT2D eigenvalue weighted by atomic mass is 9.88. The molecule has 6 nitrogen and oxygen atoms in total. The number of aryl methyl sites for hydroxylation is 1. The van der Waals surface area contributed by atoms with E-state index in [4.69, 9.17) is 10.5 Å². The van der Waals surface area contributed by atoms with Gasteiger partial charge in [-0.25, -0.2) is 0 Å². The Kier molecular flexibility index (Phi) is 4.53. The topological polar surface area (TPSA) is 86.3 Å². The molecule has 132 valence electrons. The number of allylic oxidation sites excluding steroid dienone is 1. The monoisotopic (exact) mass is 341 g/mol. The lowest BCUT2D eigenvalue weighted by Gasteiger charge is -2.27. The molecule has 1 heterocycles. The fraction of sp³-hybridized carbons (Fsp3) is 0.368.